The number of hydrogen-bond acceptors (Lipinski definition) is 6. The van der Waals surface area contributed by atoms with Crippen molar-refractivity contribution in [2.24, 2.45) is 0 Å². The third kappa shape index (κ3) is 2.43. The highest BCUT2D eigenvalue weighted by Crippen LogP contribution is 2.20. The third-order valence-electron chi connectivity index (χ3n) is 1.70. The van der Waals surface area contributed by atoms with Crippen molar-refractivity contribution in [2.45, 2.75) is 0 Å². The van der Waals surface area contributed by atoms with Crippen molar-refractivity contribution in [3.8, 4) is 0 Å². The summed E-state index contributed by atoms with van der Waals surface area (Å²) in [4.78, 5) is 34.3. The van der Waals surface area contributed by atoms with Crippen LogP contribution in [0.25, 0.3) is 0 Å². The van der Waals surface area contributed by atoms with Gasteiger partial charge in [0.15, 0.2) is 0 Å². The Morgan fingerprint density at radius 1 is 1.53 bits per heavy atom. The molecule has 3 N–H and O–H groups in total. The van der Waals surface area contributed by atoms with E-state index in [2.05, 4.69) is 4.98 Å². The molecule has 89 valence electrons. The summed E-state index contributed by atoms with van der Waals surface area (Å²) in [7, 11) is 0. The monoisotopic (exact) mass is 241 g/mol. The average molecular weight is 241 g/mol. The Balaban J connectivity index is 3.16. The second-order valence-corrected chi connectivity index (χ2v) is 2.77. The van der Waals surface area contributed by atoms with Gasteiger partial charge in [-0.3, -0.25) is 14.9 Å². The minimum absolute atomic E-state index is 0.445. The summed E-state index contributed by atoms with van der Waals surface area (Å²) in [5, 5.41) is 28.6. The molecule has 1 rings (SSSR count). The Morgan fingerprint density at radius 2 is 2.12 bits per heavy atom. The van der Waals surface area contributed by atoms with Gasteiger partial charge in [0.25, 0.3) is 5.91 Å². The maximum Gasteiger partial charge on any atom is 0.441 e. The molecular formula is C7H5N4O6. The molecule has 0 aliphatic heterocycles. The summed E-state index contributed by atoms with van der Waals surface area (Å²) in [5.74, 6) is -1.92. The smallest absolute Gasteiger partial charge is 0.441 e. The molecule has 0 saturated carbocycles. The summed E-state index contributed by atoms with van der Waals surface area (Å²) < 4.78 is 0. The maximum atomic E-state index is 11.2. The number of nitrogens with zero attached hydrogens (tertiary/aromatic N) is 3. The lowest BCUT2D eigenvalue weighted by Crippen LogP contribution is -2.31. The molecule has 0 fully saturated rings. The van der Waals surface area contributed by atoms with E-state index in [1.54, 1.807) is 0 Å². The fourth-order valence-corrected chi connectivity index (χ4v) is 0.931. The Morgan fingerprint density at radius 3 is 2.59 bits per heavy atom. The normalized spacial score (nSPS) is 9.71. The number of imide groups is 1. The maximum absolute atomic E-state index is 11.2. The Kier molecular flexibility index (Phi) is 3.19. The standard InChI is InChI=1S/C7H5N4O6/c8-5-4(11(16)17)1-3(2-9-5)6(12)10(15)7(13)14/h1-2H,(H2,8,9)(H,13,14). The van der Waals surface area contributed by atoms with Crippen LogP contribution in [0, 0.1) is 10.1 Å². The number of rotatable bonds is 2. The van der Waals surface area contributed by atoms with E-state index in [0.29, 0.717) is 6.07 Å². The molecule has 1 radical (unpaired) electrons. The molecule has 0 saturated heterocycles. The first-order chi connectivity index (χ1) is 7.84. The van der Waals surface area contributed by atoms with Gasteiger partial charge in [-0.15, -0.1) is 0 Å². The largest absolute Gasteiger partial charge is 0.463 e. The number of pyridine rings is 1. The number of carbonyl (C=O) groups excluding carboxylic acids is 1. The van der Waals surface area contributed by atoms with E-state index < -0.39 is 39.1 Å². The molecule has 10 heteroatoms. The topological polar surface area (TPSA) is 160 Å². The van der Waals surface area contributed by atoms with E-state index in [9.17, 15) is 24.9 Å². The first kappa shape index (κ1) is 12.3. The molecule has 0 atom stereocenters. The first-order valence-electron chi connectivity index (χ1n) is 3.99. The highest BCUT2D eigenvalue weighted by atomic mass is 16.6. The molecule has 1 heterocycles. The Labute approximate surface area is 93.0 Å². The van der Waals surface area contributed by atoms with E-state index in [0.717, 1.165) is 6.20 Å². The van der Waals surface area contributed by atoms with E-state index in [4.69, 9.17) is 10.8 Å². The van der Waals surface area contributed by atoms with Crippen LogP contribution in [0.1, 0.15) is 10.4 Å². The van der Waals surface area contributed by atoms with Gasteiger partial charge in [-0.1, -0.05) is 10.3 Å². The molecule has 10 nitrogen and oxygen atoms in total. The van der Waals surface area contributed by atoms with Gasteiger partial charge in [-0.25, -0.2) is 9.78 Å². The molecule has 0 aliphatic rings. The molecule has 0 bridgehead atoms. The van der Waals surface area contributed by atoms with Crippen molar-refractivity contribution in [2.75, 3.05) is 5.73 Å². The minimum atomic E-state index is -2.03. The number of carboxylic acid groups (broad SMARTS) is 1. The van der Waals surface area contributed by atoms with Crippen LogP contribution in [0.4, 0.5) is 16.3 Å². The van der Waals surface area contributed by atoms with Crippen LogP contribution in [0.5, 0.6) is 0 Å². The molecule has 1 aromatic rings. The van der Waals surface area contributed by atoms with Crippen LogP contribution in [0.2, 0.25) is 0 Å². The van der Waals surface area contributed by atoms with Crippen molar-refractivity contribution in [3.05, 3.63) is 27.9 Å². The van der Waals surface area contributed by atoms with E-state index in [1.807, 2.05) is 0 Å². The molecule has 0 aromatic carbocycles. The van der Waals surface area contributed by atoms with Gasteiger partial charge in [0.05, 0.1) is 10.5 Å². The van der Waals surface area contributed by atoms with Gasteiger partial charge in [0, 0.05) is 12.3 Å². The lowest BCUT2D eigenvalue weighted by molar-refractivity contribution is -0.384. The van der Waals surface area contributed by atoms with Crippen molar-refractivity contribution < 1.29 is 24.8 Å². The van der Waals surface area contributed by atoms with Gasteiger partial charge >= 0.3 is 11.8 Å². The van der Waals surface area contributed by atoms with Crippen LogP contribution >= 0.6 is 0 Å². The van der Waals surface area contributed by atoms with E-state index >= 15 is 0 Å². The van der Waals surface area contributed by atoms with Crippen molar-refractivity contribution in [1.29, 1.82) is 0 Å². The van der Waals surface area contributed by atoms with Crippen LogP contribution in [0.3, 0.4) is 0 Å². The SMILES string of the molecule is Nc1ncc(C(=O)N([O])C(=O)O)cc1[N+](=O)[O-]. The minimum Gasteiger partial charge on any atom is -0.463 e. The average Bonchev–Trinajstić information content (AvgIpc) is 2.27. The number of aromatic nitrogens is 1. The zero-order valence-corrected chi connectivity index (χ0v) is 8.06. The zero-order chi connectivity index (χ0) is 13.2. The Hall–Kier alpha value is -2.75. The number of hydrogen-bond donors (Lipinski definition) is 2. The highest BCUT2D eigenvalue weighted by Gasteiger charge is 2.25. The quantitative estimate of drug-likeness (QED) is 0.545. The zero-order valence-electron chi connectivity index (χ0n) is 8.06. The van der Waals surface area contributed by atoms with Gasteiger partial charge in [-0.05, 0) is 0 Å². The van der Waals surface area contributed by atoms with Crippen LogP contribution < -0.4 is 5.73 Å². The molecule has 0 unspecified atom stereocenters. The highest BCUT2D eigenvalue weighted by molar-refractivity contribution is 6.01. The van der Waals surface area contributed by atoms with Crippen molar-refractivity contribution >= 4 is 23.5 Å². The summed E-state index contributed by atoms with van der Waals surface area (Å²) >= 11 is 0. The number of anilines is 1. The molecule has 0 spiro atoms. The fourth-order valence-electron chi connectivity index (χ4n) is 0.931. The van der Waals surface area contributed by atoms with Gasteiger partial charge < -0.3 is 10.8 Å². The van der Waals surface area contributed by atoms with Crippen LogP contribution in [-0.2, 0) is 5.21 Å². The number of hydroxylamine groups is 2. The Bertz CT molecular complexity index is 501. The number of amides is 2. The predicted molar refractivity (Wildman–Crippen MR) is 50.2 cm³/mol. The second kappa shape index (κ2) is 4.40. The molecule has 17 heavy (non-hydrogen) atoms. The predicted octanol–water partition coefficient (Wildman–Crippen LogP) is 0.0377. The van der Waals surface area contributed by atoms with E-state index in [1.165, 1.54) is 0 Å². The summed E-state index contributed by atoms with van der Waals surface area (Å²) in [6.45, 7) is 0. The molecule has 1 aromatic heterocycles. The van der Waals surface area contributed by atoms with Crippen molar-refractivity contribution in [3.63, 3.8) is 0 Å². The molecule has 0 aliphatic carbocycles. The molecular weight excluding hydrogens is 236 g/mol. The van der Waals surface area contributed by atoms with Gasteiger partial charge in [0.2, 0.25) is 5.82 Å². The van der Waals surface area contributed by atoms with Crippen LogP contribution in [-0.4, -0.2) is 32.1 Å². The number of nitro groups is 1. The fraction of sp³-hybridized carbons (Fsp3) is 0. The first-order valence-corrected chi connectivity index (χ1v) is 3.99. The lowest BCUT2D eigenvalue weighted by atomic mass is 10.2. The van der Waals surface area contributed by atoms with Gasteiger partial charge in [-0.2, -0.15) is 0 Å². The summed E-state index contributed by atoms with van der Waals surface area (Å²) in [5.41, 5.74) is 3.93. The van der Waals surface area contributed by atoms with Crippen molar-refractivity contribution in [1.82, 2.24) is 10.0 Å². The van der Waals surface area contributed by atoms with Crippen LogP contribution in [0.15, 0.2) is 12.3 Å². The summed E-state index contributed by atoms with van der Waals surface area (Å²) in [6.07, 6.45) is -1.26. The number of nitrogen functional groups attached to an aromatic ring is 1. The summed E-state index contributed by atoms with van der Waals surface area (Å²) in [6, 6.07) is 0.679. The molecule has 2 amide bonds. The van der Waals surface area contributed by atoms with Gasteiger partial charge in [0.1, 0.15) is 0 Å². The second-order valence-electron chi connectivity index (χ2n) is 2.77. The number of carbonyl (C=O) groups is 2. The number of nitrogens with two attached hydrogens (primary N) is 1. The lowest BCUT2D eigenvalue weighted by Gasteiger charge is -2.05. The van der Waals surface area contributed by atoms with E-state index in [-0.39, 0.29) is 0 Å². The third-order valence-corrected chi connectivity index (χ3v) is 1.70.